The average Bonchev–Trinajstić information content (AvgIpc) is 2.16. The molecular weight excluding hydrogens is 186 g/mol. The van der Waals surface area contributed by atoms with E-state index in [1.165, 1.54) is 0 Å². The monoisotopic (exact) mass is 205 g/mol. The fourth-order valence-electron chi connectivity index (χ4n) is 2.00. The van der Waals surface area contributed by atoms with Gasteiger partial charge in [0.1, 0.15) is 0 Å². The molecule has 1 aliphatic rings. The van der Waals surface area contributed by atoms with Gasteiger partial charge in [-0.3, -0.25) is 4.90 Å². The van der Waals surface area contributed by atoms with E-state index < -0.39 is 18.2 Å². The maximum Gasteiger partial charge on any atom is 0.0979 e. The van der Waals surface area contributed by atoms with Crippen molar-refractivity contribution in [1.82, 2.24) is 4.90 Å². The second kappa shape index (κ2) is 5.04. The molecule has 0 aliphatic carbocycles. The van der Waals surface area contributed by atoms with Crippen molar-refractivity contribution in [2.45, 2.75) is 25.2 Å². The first-order valence-electron chi connectivity index (χ1n) is 4.93. The quantitative estimate of drug-likeness (QED) is 0.429. The third-order valence-electron chi connectivity index (χ3n) is 2.89. The van der Waals surface area contributed by atoms with Gasteiger partial charge in [0.2, 0.25) is 0 Å². The van der Waals surface area contributed by atoms with Crippen LogP contribution >= 0.6 is 0 Å². The zero-order valence-corrected chi connectivity index (χ0v) is 8.37. The highest BCUT2D eigenvalue weighted by molar-refractivity contribution is 4.92. The van der Waals surface area contributed by atoms with Crippen molar-refractivity contribution in [3.05, 3.63) is 0 Å². The number of piperidine rings is 1. The van der Waals surface area contributed by atoms with Gasteiger partial charge in [-0.25, -0.2) is 0 Å². The molecule has 1 rings (SSSR count). The van der Waals surface area contributed by atoms with E-state index in [1.54, 1.807) is 0 Å². The Kier molecular flexibility index (Phi) is 4.28. The lowest BCUT2D eigenvalue weighted by Crippen LogP contribution is -2.60. The smallest absolute Gasteiger partial charge is 0.0979 e. The Morgan fingerprint density at radius 1 is 1.21 bits per heavy atom. The lowest BCUT2D eigenvalue weighted by molar-refractivity contribution is -0.116. The second-order valence-corrected chi connectivity index (χ2v) is 3.93. The van der Waals surface area contributed by atoms with Crippen LogP contribution in [0, 0.1) is 5.92 Å². The molecule has 0 aromatic heterocycles. The van der Waals surface area contributed by atoms with Gasteiger partial charge in [0.15, 0.2) is 0 Å². The van der Waals surface area contributed by atoms with Gasteiger partial charge in [-0.2, -0.15) is 0 Å². The number of aliphatic hydroxyl groups is 4. The summed E-state index contributed by atoms with van der Waals surface area (Å²) in [5, 5.41) is 37.1. The summed E-state index contributed by atoms with van der Waals surface area (Å²) in [4.78, 5) is 1.81. The molecule has 1 saturated heterocycles. The molecule has 1 fully saturated rings. The number of hydrogen-bond acceptors (Lipinski definition) is 5. The Hall–Kier alpha value is -0.200. The molecule has 4 atom stereocenters. The number of β-amino-alcohol motifs (C(OH)–C–C–N with tert-alkyl or cyclic N) is 1. The summed E-state index contributed by atoms with van der Waals surface area (Å²) in [5.74, 6) is -0.0423. The van der Waals surface area contributed by atoms with Gasteiger partial charge in [-0.05, 0) is 5.92 Å². The highest BCUT2D eigenvalue weighted by Crippen LogP contribution is 2.22. The maximum atomic E-state index is 9.67. The third kappa shape index (κ3) is 2.24. The number of rotatable bonds is 3. The van der Waals surface area contributed by atoms with Crippen molar-refractivity contribution in [3.8, 4) is 0 Å². The topological polar surface area (TPSA) is 84.2 Å². The van der Waals surface area contributed by atoms with E-state index in [4.69, 9.17) is 10.2 Å². The van der Waals surface area contributed by atoms with Gasteiger partial charge in [-0.15, -0.1) is 0 Å². The molecule has 5 nitrogen and oxygen atoms in total. The fourth-order valence-corrected chi connectivity index (χ4v) is 2.00. The van der Waals surface area contributed by atoms with Gasteiger partial charge in [0.05, 0.1) is 31.5 Å². The van der Waals surface area contributed by atoms with Crippen LogP contribution in [0.15, 0.2) is 0 Å². The van der Waals surface area contributed by atoms with E-state index in [-0.39, 0.29) is 19.1 Å². The summed E-state index contributed by atoms with van der Waals surface area (Å²) in [5.41, 5.74) is 0. The Balaban J connectivity index is 2.66. The first-order valence-corrected chi connectivity index (χ1v) is 4.93. The van der Waals surface area contributed by atoms with E-state index >= 15 is 0 Å². The fraction of sp³-hybridized carbons (Fsp3) is 1.00. The molecule has 0 aromatic rings. The van der Waals surface area contributed by atoms with Crippen molar-refractivity contribution in [1.29, 1.82) is 0 Å². The molecule has 0 spiro atoms. The zero-order valence-electron chi connectivity index (χ0n) is 8.37. The predicted molar refractivity (Wildman–Crippen MR) is 50.7 cm³/mol. The normalized spacial score (nSPS) is 40.1. The van der Waals surface area contributed by atoms with Crippen molar-refractivity contribution < 1.29 is 20.4 Å². The van der Waals surface area contributed by atoms with Crippen LogP contribution in [0.5, 0.6) is 0 Å². The standard InChI is InChI=1S/C9H19NO4/c1-6-4-10(2-3-11)7(5-12)9(14)8(6)13/h6-9,11-14H,2-5H2,1H3/t6-,7+,8+,9+/m0/s1. The SMILES string of the molecule is C[C@H]1CN(CCO)[C@H](CO)[C@@H](O)[C@@H]1O. The predicted octanol–water partition coefficient (Wildman–Crippen LogP) is -1.99. The molecule has 0 aromatic carbocycles. The van der Waals surface area contributed by atoms with Crippen LogP contribution in [0.25, 0.3) is 0 Å². The van der Waals surface area contributed by atoms with E-state index in [1.807, 2.05) is 11.8 Å². The third-order valence-corrected chi connectivity index (χ3v) is 2.89. The number of likely N-dealkylation sites (tertiary alicyclic amines) is 1. The van der Waals surface area contributed by atoms with Crippen LogP contribution in [0.3, 0.4) is 0 Å². The van der Waals surface area contributed by atoms with Crippen molar-refractivity contribution in [3.63, 3.8) is 0 Å². The lowest BCUT2D eigenvalue weighted by atomic mass is 9.89. The molecule has 0 saturated carbocycles. The Morgan fingerprint density at radius 3 is 2.36 bits per heavy atom. The zero-order chi connectivity index (χ0) is 10.7. The van der Waals surface area contributed by atoms with E-state index in [9.17, 15) is 10.2 Å². The first-order chi connectivity index (χ1) is 6.61. The van der Waals surface area contributed by atoms with E-state index in [0.717, 1.165) is 0 Å². The number of aliphatic hydroxyl groups excluding tert-OH is 4. The Labute approximate surface area is 83.6 Å². The second-order valence-electron chi connectivity index (χ2n) is 3.93. The number of hydrogen-bond donors (Lipinski definition) is 4. The van der Waals surface area contributed by atoms with Gasteiger partial charge in [0.25, 0.3) is 0 Å². The minimum Gasteiger partial charge on any atom is -0.395 e. The average molecular weight is 205 g/mol. The van der Waals surface area contributed by atoms with E-state index in [2.05, 4.69) is 0 Å². The molecule has 0 amide bonds. The van der Waals surface area contributed by atoms with Gasteiger partial charge in [0, 0.05) is 13.1 Å². The summed E-state index contributed by atoms with van der Waals surface area (Å²) in [6.07, 6.45) is -1.72. The van der Waals surface area contributed by atoms with Crippen molar-refractivity contribution in [2.75, 3.05) is 26.3 Å². The summed E-state index contributed by atoms with van der Waals surface area (Å²) >= 11 is 0. The van der Waals surface area contributed by atoms with Crippen LogP contribution in [0.1, 0.15) is 6.92 Å². The number of nitrogens with zero attached hydrogens (tertiary/aromatic N) is 1. The summed E-state index contributed by atoms with van der Waals surface area (Å²) < 4.78 is 0. The van der Waals surface area contributed by atoms with Gasteiger partial charge < -0.3 is 20.4 Å². The van der Waals surface area contributed by atoms with Crippen LogP contribution < -0.4 is 0 Å². The summed E-state index contributed by atoms with van der Waals surface area (Å²) in [7, 11) is 0. The minimum atomic E-state index is -0.935. The minimum absolute atomic E-state index is 0.00790. The Bertz CT molecular complexity index is 178. The molecule has 84 valence electrons. The van der Waals surface area contributed by atoms with Crippen LogP contribution in [0.2, 0.25) is 0 Å². The van der Waals surface area contributed by atoms with E-state index in [0.29, 0.717) is 13.1 Å². The molecule has 0 bridgehead atoms. The molecule has 1 aliphatic heterocycles. The first kappa shape index (κ1) is 11.9. The molecule has 0 radical (unpaired) electrons. The summed E-state index contributed by atoms with van der Waals surface area (Å²) in [6.45, 7) is 2.63. The highest BCUT2D eigenvalue weighted by Gasteiger charge is 2.39. The van der Waals surface area contributed by atoms with Crippen LogP contribution in [-0.2, 0) is 0 Å². The molecule has 14 heavy (non-hydrogen) atoms. The molecule has 0 unspecified atom stereocenters. The molecule has 1 heterocycles. The lowest BCUT2D eigenvalue weighted by Gasteiger charge is -2.43. The molecule has 5 heteroatoms. The van der Waals surface area contributed by atoms with Crippen LogP contribution in [0.4, 0.5) is 0 Å². The van der Waals surface area contributed by atoms with Crippen LogP contribution in [-0.4, -0.2) is 69.9 Å². The Morgan fingerprint density at radius 2 is 1.86 bits per heavy atom. The molecule has 4 N–H and O–H groups in total. The molecular formula is C9H19NO4. The summed E-state index contributed by atoms with van der Waals surface area (Å²) in [6, 6.07) is -0.464. The van der Waals surface area contributed by atoms with Crippen molar-refractivity contribution >= 4 is 0 Å². The highest BCUT2D eigenvalue weighted by atomic mass is 16.3. The largest absolute Gasteiger partial charge is 0.395 e. The van der Waals surface area contributed by atoms with Gasteiger partial charge in [-0.1, -0.05) is 6.92 Å². The van der Waals surface area contributed by atoms with Gasteiger partial charge >= 0.3 is 0 Å². The maximum absolute atomic E-state index is 9.67. The van der Waals surface area contributed by atoms with Crippen molar-refractivity contribution in [2.24, 2.45) is 5.92 Å².